The summed E-state index contributed by atoms with van der Waals surface area (Å²) in [6.07, 6.45) is 6.79. The number of hydrogen-bond donors (Lipinski definition) is 0. The quantitative estimate of drug-likeness (QED) is 0.342. The summed E-state index contributed by atoms with van der Waals surface area (Å²) >= 11 is 0. The molecular weight excluding hydrogens is 300 g/mol. The van der Waals surface area contributed by atoms with Crippen LogP contribution in [0.2, 0.25) is 0 Å². The maximum absolute atomic E-state index is 2.24. The molecule has 0 fully saturated rings. The summed E-state index contributed by atoms with van der Waals surface area (Å²) < 4.78 is 0. The Morgan fingerprint density at radius 1 is 0.600 bits per heavy atom. The summed E-state index contributed by atoms with van der Waals surface area (Å²) in [5, 5.41) is 5.25. The molecule has 0 saturated heterocycles. The van der Waals surface area contributed by atoms with Crippen molar-refractivity contribution in [2.24, 2.45) is 0 Å². The smallest absolute Gasteiger partial charge is 0.0178 e. The van der Waals surface area contributed by atoms with Crippen LogP contribution in [0.15, 0.2) is 97.1 Å². The Bertz CT molecular complexity index is 844. The second kappa shape index (κ2) is 8.84. The molecule has 4 rings (SSSR count). The molecule has 0 amide bonds. The molecule has 0 aliphatic rings. The zero-order valence-electron chi connectivity index (χ0n) is 14.7. The second-order valence-corrected chi connectivity index (χ2v) is 6.15. The van der Waals surface area contributed by atoms with Crippen molar-refractivity contribution >= 4 is 27.6 Å². The lowest BCUT2D eigenvalue weighted by molar-refractivity contribution is 0.962. The monoisotopic (exact) mass is 324 g/mol. The molecule has 0 aromatic heterocycles. The fourth-order valence-corrected chi connectivity index (χ4v) is 2.83. The Morgan fingerprint density at radius 3 is 1.48 bits per heavy atom. The SMILES string of the molecule is CCCC=Cc1ccccc1.c1ccc2cc3ccccc3cc2c1. The van der Waals surface area contributed by atoms with E-state index >= 15 is 0 Å². The first-order valence-electron chi connectivity index (χ1n) is 8.96. The molecule has 0 heteroatoms. The van der Waals surface area contributed by atoms with E-state index < -0.39 is 0 Å². The minimum absolute atomic E-state index is 1.18. The van der Waals surface area contributed by atoms with Gasteiger partial charge in [-0.2, -0.15) is 0 Å². The van der Waals surface area contributed by atoms with Gasteiger partial charge in [0.1, 0.15) is 0 Å². The van der Waals surface area contributed by atoms with Gasteiger partial charge in [0.25, 0.3) is 0 Å². The zero-order valence-corrected chi connectivity index (χ0v) is 14.7. The van der Waals surface area contributed by atoms with Crippen LogP contribution in [0.3, 0.4) is 0 Å². The van der Waals surface area contributed by atoms with Gasteiger partial charge in [-0.1, -0.05) is 104 Å². The highest BCUT2D eigenvalue weighted by Gasteiger charge is 1.95. The van der Waals surface area contributed by atoms with Gasteiger partial charge >= 0.3 is 0 Å². The minimum Gasteiger partial charge on any atom is -0.0840 e. The fraction of sp³-hybridized carbons (Fsp3) is 0.120. The predicted octanol–water partition coefficient (Wildman–Crippen LogP) is 7.49. The molecule has 0 spiro atoms. The van der Waals surface area contributed by atoms with E-state index in [-0.39, 0.29) is 0 Å². The van der Waals surface area contributed by atoms with Gasteiger partial charge in [0.15, 0.2) is 0 Å². The standard InChI is InChI=1S/C14H10.C11H14/c1-2-6-12-10-14-8-4-3-7-13(14)9-11(12)5-1;1-2-3-5-8-11-9-6-4-7-10-11/h1-10H;4-10H,2-3H2,1H3. The van der Waals surface area contributed by atoms with Crippen molar-refractivity contribution in [1.29, 1.82) is 0 Å². The Hall–Kier alpha value is -2.86. The van der Waals surface area contributed by atoms with Gasteiger partial charge < -0.3 is 0 Å². The molecule has 0 saturated carbocycles. The second-order valence-electron chi connectivity index (χ2n) is 6.15. The van der Waals surface area contributed by atoms with Crippen LogP contribution in [0.4, 0.5) is 0 Å². The van der Waals surface area contributed by atoms with Gasteiger partial charge in [-0.05, 0) is 45.7 Å². The van der Waals surface area contributed by atoms with Gasteiger partial charge in [0.2, 0.25) is 0 Å². The van der Waals surface area contributed by atoms with Crippen LogP contribution in [0.1, 0.15) is 25.3 Å². The first-order valence-corrected chi connectivity index (χ1v) is 8.96. The van der Waals surface area contributed by atoms with Crippen molar-refractivity contribution < 1.29 is 0 Å². The average molecular weight is 324 g/mol. The highest BCUT2D eigenvalue weighted by Crippen LogP contribution is 2.22. The molecule has 0 heterocycles. The van der Waals surface area contributed by atoms with Crippen LogP contribution in [0, 0.1) is 0 Å². The average Bonchev–Trinajstić information content (AvgIpc) is 2.68. The summed E-state index contributed by atoms with van der Waals surface area (Å²) in [5.41, 5.74) is 1.29. The molecule has 25 heavy (non-hydrogen) atoms. The zero-order chi connectivity index (χ0) is 17.3. The Morgan fingerprint density at radius 2 is 1.04 bits per heavy atom. The van der Waals surface area contributed by atoms with E-state index in [9.17, 15) is 0 Å². The molecule has 0 nitrogen and oxygen atoms in total. The van der Waals surface area contributed by atoms with E-state index in [2.05, 4.69) is 104 Å². The van der Waals surface area contributed by atoms with Crippen LogP contribution in [0.25, 0.3) is 27.6 Å². The van der Waals surface area contributed by atoms with Gasteiger partial charge in [0.05, 0.1) is 0 Å². The van der Waals surface area contributed by atoms with Gasteiger partial charge in [-0.25, -0.2) is 0 Å². The highest BCUT2D eigenvalue weighted by molar-refractivity contribution is 5.98. The van der Waals surface area contributed by atoms with E-state index in [1.54, 1.807) is 0 Å². The van der Waals surface area contributed by atoms with E-state index in [4.69, 9.17) is 0 Å². The maximum atomic E-state index is 2.24. The number of unbranched alkanes of at least 4 members (excludes halogenated alkanes) is 1. The largest absolute Gasteiger partial charge is 0.0840 e. The third-order valence-electron chi connectivity index (χ3n) is 4.18. The lowest BCUT2D eigenvalue weighted by atomic mass is 10.0. The summed E-state index contributed by atoms with van der Waals surface area (Å²) in [4.78, 5) is 0. The molecule has 0 aliphatic carbocycles. The van der Waals surface area contributed by atoms with E-state index in [0.717, 1.165) is 0 Å². The number of benzene rings is 4. The van der Waals surface area contributed by atoms with Crippen molar-refractivity contribution in [2.45, 2.75) is 19.8 Å². The topological polar surface area (TPSA) is 0 Å². The van der Waals surface area contributed by atoms with Crippen molar-refractivity contribution in [3.8, 4) is 0 Å². The van der Waals surface area contributed by atoms with Crippen molar-refractivity contribution in [2.75, 3.05) is 0 Å². The molecule has 0 unspecified atom stereocenters. The van der Waals surface area contributed by atoms with Crippen molar-refractivity contribution in [3.05, 3.63) is 103 Å². The van der Waals surface area contributed by atoms with Crippen LogP contribution < -0.4 is 0 Å². The fourth-order valence-electron chi connectivity index (χ4n) is 2.83. The first-order chi connectivity index (χ1) is 12.4. The van der Waals surface area contributed by atoms with Crippen LogP contribution in [-0.2, 0) is 0 Å². The molecule has 124 valence electrons. The molecular formula is C25H24. The Balaban J connectivity index is 0.000000151. The Labute approximate surface area is 150 Å². The lowest BCUT2D eigenvalue weighted by Gasteiger charge is -2.00. The van der Waals surface area contributed by atoms with E-state index in [1.807, 2.05) is 6.07 Å². The summed E-state index contributed by atoms with van der Waals surface area (Å²) in [7, 11) is 0. The summed E-state index contributed by atoms with van der Waals surface area (Å²) in [6, 6.07) is 31.8. The van der Waals surface area contributed by atoms with Crippen LogP contribution in [0.5, 0.6) is 0 Å². The minimum atomic E-state index is 1.18. The lowest BCUT2D eigenvalue weighted by Crippen LogP contribution is -1.74. The third kappa shape index (κ3) is 4.81. The number of hydrogen-bond acceptors (Lipinski definition) is 0. The molecule has 0 atom stereocenters. The molecule has 0 radical (unpaired) electrons. The number of fused-ring (bicyclic) bond motifs is 2. The molecule has 0 aliphatic heterocycles. The predicted molar refractivity (Wildman–Crippen MR) is 112 cm³/mol. The normalized spacial score (nSPS) is 10.8. The first kappa shape index (κ1) is 17.0. The van der Waals surface area contributed by atoms with E-state index in [1.165, 1.54) is 39.9 Å². The Kier molecular flexibility index (Phi) is 6.01. The van der Waals surface area contributed by atoms with Gasteiger partial charge in [-0.15, -0.1) is 0 Å². The summed E-state index contributed by atoms with van der Waals surface area (Å²) in [5.74, 6) is 0. The number of rotatable bonds is 3. The van der Waals surface area contributed by atoms with E-state index in [0.29, 0.717) is 0 Å². The van der Waals surface area contributed by atoms with Crippen molar-refractivity contribution in [1.82, 2.24) is 0 Å². The van der Waals surface area contributed by atoms with Gasteiger partial charge in [0, 0.05) is 0 Å². The third-order valence-corrected chi connectivity index (χ3v) is 4.18. The molecule has 0 bridgehead atoms. The summed E-state index contributed by atoms with van der Waals surface area (Å²) in [6.45, 7) is 2.19. The molecule has 0 N–H and O–H groups in total. The number of allylic oxidation sites excluding steroid dienone is 1. The van der Waals surface area contributed by atoms with Gasteiger partial charge in [-0.3, -0.25) is 0 Å². The molecule has 4 aromatic carbocycles. The maximum Gasteiger partial charge on any atom is -0.0178 e. The van der Waals surface area contributed by atoms with Crippen LogP contribution in [-0.4, -0.2) is 0 Å². The highest BCUT2D eigenvalue weighted by atomic mass is 14.0. The molecule has 4 aromatic rings. The van der Waals surface area contributed by atoms with Crippen LogP contribution >= 0.6 is 0 Å². The van der Waals surface area contributed by atoms with Crippen molar-refractivity contribution in [3.63, 3.8) is 0 Å².